The van der Waals surface area contributed by atoms with Gasteiger partial charge in [-0.05, 0) is 19.8 Å². The third kappa shape index (κ3) is 3.30. The fraction of sp³-hybridized carbons (Fsp3) is 0.500. The maximum Gasteiger partial charge on any atom is 0.143 e. The van der Waals surface area contributed by atoms with Crippen LogP contribution in [0.2, 0.25) is 0 Å². The zero-order valence-corrected chi connectivity index (χ0v) is 11.8. The fourth-order valence-electron chi connectivity index (χ4n) is 1.97. The maximum atomic E-state index is 4.50. The predicted octanol–water partition coefficient (Wildman–Crippen LogP) is 2.75. The Morgan fingerprint density at radius 2 is 2.05 bits per heavy atom. The van der Waals surface area contributed by atoms with Crippen molar-refractivity contribution in [2.24, 2.45) is 0 Å². The molecule has 0 bridgehead atoms. The van der Waals surface area contributed by atoms with Crippen molar-refractivity contribution in [3.8, 4) is 5.82 Å². The molecule has 0 aliphatic heterocycles. The first-order valence-corrected chi connectivity index (χ1v) is 6.86. The third-order valence-electron chi connectivity index (χ3n) is 2.82. The average Bonchev–Trinajstić information content (AvgIpc) is 2.84. The maximum absolute atomic E-state index is 4.50. The molecule has 0 aromatic carbocycles. The molecule has 0 unspecified atom stereocenters. The predicted molar refractivity (Wildman–Crippen MR) is 76.7 cm³/mol. The summed E-state index contributed by atoms with van der Waals surface area (Å²) in [5.74, 6) is 3.57. The highest BCUT2D eigenvalue weighted by molar-refractivity contribution is 5.42. The van der Waals surface area contributed by atoms with Crippen molar-refractivity contribution in [1.29, 1.82) is 0 Å². The molecule has 102 valence electrons. The van der Waals surface area contributed by atoms with Gasteiger partial charge in [0.05, 0.1) is 0 Å². The highest BCUT2D eigenvalue weighted by atomic mass is 15.1. The lowest BCUT2D eigenvalue weighted by atomic mass is 10.3. The summed E-state index contributed by atoms with van der Waals surface area (Å²) in [6.45, 7) is 7.12. The van der Waals surface area contributed by atoms with Crippen LogP contribution in [0.25, 0.3) is 5.82 Å². The summed E-state index contributed by atoms with van der Waals surface area (Å²) in [4.78, 5) is 13.3. The van der Waals surface area contributed by atoms with Crippen LogP contribution in [0.3, 0.4) is 0 Å². The molecule has 0 fully saturated rings. The van der Waals surface area contributed by atoms with E-state index in [2.05, 4.69) is 34.1 Å². The van der Waals surface area contributed by atoms with Crippen LogP contribution in [0.5, 0.6) is 0 Å². The Morgan fingerprint density at radius 1 is 1.21 bits per heavy atom. The van der Waals surface area contributed by atoms with Crippen LogP contribution >= 0.6 is 0 Å². The first-order valence-electron chi connectivity index (χ1n) is 6.86. The molecular weight excluding hydrogens is 238 g/mol. The van der Waals surface area contributed by atoms with E-state index >= 15 is 0 Å². The normalized spacial score (nSPS) is 10.7. The first-order chi connectivity index (χ1) is 9.24. The number of hydrogen-bond acceptors (Lipinski definition) is 4. The molecule has 2 heterocycles. The number of nitrogens with zero attached hydrogens (tertiary/aromatic N) is 4. The topological polar surface area (TPSA) is 55.6 Å². The van der Waals surface area contributed by atoms with Gasteiger partial charge >= 0.3 is 0 Å². The molecule has 5 nitrogen and oxygen atoms in total. The number of hydrogen-bond donors (Lipinski definition) is 1. The Kier molecular flexibility index (Phi) is 4.49. The van der Waals surface area contributed by atoms with E-state index in [9.17, 15) is 0 Å². The minimum Gasteiger partial charge on any atom is -0.370 e. The minimum absolute atomic E-state index is 0.771. The van der Waals surface area contributed by atoms with E-state index in [1.807, 2.05) is 30.0 Å². The molecule has 0 aliphatic carbocycles. The zero-order chi connectivity index (χ0) is 13.7. The second kappa shape index (κ2) is 6.31. The Morgan fingerprint density at radius 3 is 2.79 bits per heavy atom. The van der Waals surface area contributed by atoms with Crippen molar-refractivity contribution in [2.45, 2.75) is 40.0 Å². The second-order valence-corrected chi connectivity index (χ2v) is 4.55. The molecule has 0 radical (unpaired) electrons. The average molecular weight is 259 g/mol. The monoisotopic (exact) mass is 259 g/mol. The highest BCUT2D eigenvalue weighted by Gasteiger charge is 2.08. The smallest absolute Gasteiger partial charge is 0.143 e. The van der Waals surface area contributed by atoms with Gasteiger partial charge in [0, 0.05) is 31.4 Å². The lowest BCUT2D eigenvalue weighted by Gasteiger charge is -2.10. The number of imidazole rings is 1. The third-order valence-corrected chi connectivity index (χ3v) is 2.82. The highest BCUT2D eigenvalue weighted by Crippen LogP contribution is 2.14. The van der Waals surface area contributed by atoms with Gasteiger partial charge in [-0.1, -0.05) is 13.8 Å². The second-order valence-electron chi connectivity index (χ2n) is 4.55. The molecule has 0 atom stereocenters. The standard InChI is InChI=1S/C14H21N5/c1-4-6-13-16-8-9-19(13)14-10-12(15-7-5-2)17-11(3)18-14/h8-10H,4-7H2,1-3H3,(H,15,17,18). The molecule has 2 rings (SSSR count). The van der Waals surface area contributed by atoms with Crippen LogP contribution in [-0.2, 0) is 6.42 Å². The largest absolute Gasteiger partial charge is 0.370 e. The molecule has 0 saturated carbocycles. The lowest BCUT2D eigenvalue weighted by Crippen LogP contribution is -2.08. The molecule has 0 saturated heterocycles. The Bertz CT molecular complexity index is 532. The Hall–Kier alpha value is -1.91. The SMILES string of the molecule is CCCNc1cc(-n2ccnc2CCC)nc(C)n1. The molecule has 2 aromatic heterocycles. The molecule has 19 heavy (non-hydrogen) atoms. The van der Waals surface area contributed by atoms with Crippen LogP contribution in [0, 0.1) is 6.92 Å². The first kappa shape index (κ1) is 13.5. The molecular formula is C14H21N5. The van der Waals surface area contributed by atoms with Crippen molar-refractivity contribution in [2.75, 3.05) is 11.9 Å². The Balaban J connectivity index is 2.32. The summed E-state index contributed by atoms with van der Waals surface area (Å²) < 4.78 is 2.04. The van der Waals surface area contributed by atoms with E-state index in [0.29, 0.717) is 0 Å². The summed E-state index contributed by atoms with van der Waals surface area (Å²) in [6.07, 6.45) is 6.87. The van der Waals surface area contributed by atoms with E-state index in [4.69, 9.17) is 0 Å². The van der Waals surface area contributed by atoms with Gasteiger partial charge in [-0.15, -0.1) is 0 Å². The van der Waals surface area contributed by atoms with Gasteiger partial charge in [-0.2, -0.15) is 0 Å². The van der Waals surface area contributed by atoms with Crippen molar-refractivity contribution < 1.29 is 0 Å². The number of anilines is 1. The van der Waals surface area contributed by atoms with Crippen LogP contribution in [-0.4, -0.2) is 26.1 Å². The molecule has 2 aromatic rings. The van der Waals surface area contributed by atoms with Crippen LogP contribution in [0.4, 0.5) is 5.82 Å². The van der Waals surface area contributed by atoms with Crippen molar-refractivity contribution >= 4 is 5.82 Å². The number of rotatable bonds is 6. The van der Waals surface area contributed by atoms with E-state index in [-0.39, 0.29) is 0 Å². The van der Waals surface area contributed by atoms with Gasteiger partial charge in [0.15, 0.2) is 0 Å². The van der Waals surface area contributed by atoms with Gasteiger partial charge in [-0.25, -0.2) is 15.0 Å². The van der Waals surface area contributed by atoms with Gasteiger partial charge in [-0.3, -0.25) is 4.57 Å². The van der Waals surface area contributed by atoms with Crippen LogP contribution in [0.15, 0.2) is 18.5 Å². The molecule has 5 heteroatoms. The van der Waals surface area contributed by atoms with Crippen molar-refractivity contribution in [3.63, 3.8) is 0 Å². The summed E-state index contributed by atoms with van der Waals surface area (Å²) in [5, 5.41) is 3.30. The van der Waals surface area contributed by atoms with Gasteiger partial charge in [0.2, 0.25) is 0 Å². The Labute approximate surface area is 114 Å². The van der Waals surface area contributed by atoms with Gasteiger partial charge in [0.1, 0.15) is 23.3 Å². The van der Waals surface area contributed by atoms with E-state index in [1.54, 1.807) is 0 Å². The number of aromatic nitrogens is 4. The number of aryl methyl sites for hydroxylation is 2. The van der Waals surface area contributed by atoms with E-state index < -0.39 is 0 Å². The summed E-state index contributed by atoms with van der Waals surface area (Å²) >= 11 is 0. The van der Waals surface area contributed by atoms with Crippen LogP contribution < -0.4 is 5.32 Å². The molecule has 0 amide bonds. The summed E-state index contributed by atoms with van der Waals surface area (Å²) in [6, 6.07) is 1.98. The van der Waals surface area contributed by atoms with Crippen LogP contribution in [0.1, 0.15) is 38.3 Å². The van der Waals surface area contributed by atoms with E-state index in [1.165, 1.54) is 0 Å². The zero-order valence-electron chi connectivity index (χ0n) is 11.8. The minimum atomic E-state index is 0.771. The summed E-state index contributed by atoms with van der Waals surface area (Å²) in [7, 11) is 0. The van der Waals surface area contributed by atoms with Crippen molar-refractivity contribution in [3.05, 3.63) is 30.1 Å². The number of nitrogens with one attached hydrogen (secondary N) is 1. The van der Waals surface area contributed by atoms with Crippen molar-refractivity contribution in [1.82, 2.24) is 19.5 Å². The molecule has 0 aliphatic rings. The van der Waals surface area contributed by atoms with E-state index in [0.717, 1.165) is 49.1 Å². The van der Waals surface area contributed by atoms with Gasteiger partial charge < -0.3 is 5.32 Å². The molecule has 0 spiro atoms. The summed E-state index contributed by atoms with van der Waals surface area (Å²) in [5.41, 5.74) is 0. The fourth-order valence-corrected chi connectivity index (χ4v) is 1.97. The quantitative estimate of drug-likeness (QED) is 0.866. The van der Waals surface area contributed by atoms with Gasteiger partial charge in [0.25, 0.3) is 0 Å². The molecule has 1 N–H and O–H groups in total. The lowest BCUT2D eigenvalue weighted by molar-refractivity contribution is 0.792.